The lowest BCUT2D eigenvalue weighted by Gasteiger charge is -2.20. The number of aromatic nitrogens is 1. The lowest BCUT2D eigenvalue weighted by Crippen LogP contribution is -2.40. The Balaban J connectivity index is 2.72. The first-order chi connectivity index (χ1) is 8.93. The van der Waals surface area contributed by atoms with Gasteiger partial charge >= 0.3 is 5.97 Å². The van der Waals surface area contributed by atoms with Crippen molar-refractivity contribution in [3.05, 3.63) is 23.9 Å². The lowest BCUT2D eigenvalue weighted by atomic mass is 10.0. The molecule has 0 aromatic carbocycles. The van der Waals surface area contributed by atoms with E-state index in [0.717, 1.165) is 0 Å². The number of rotatable bonds is 6. The van der Waals surface area contributed by atoms with Crippen LogP contribution in [-0.2, 0) is 4.79 Å². The fraction of sp³-hybridized carbons (Fsp3) is 0.462. The van der Waals surface area contributed by atoms with E-state index in [2.05, 4.69) is 10.3 Å². The van der Waals surface area contributed by atoms with Crippen LogP contribution in [-0.4, -0.2) is 35.1 Å². The summed E-state index contributed by atoms with van der Waals surface area (Å²) in [6.07, 6.45) is 1.29. The Morgan fingerprint density at radius 2 is 2.11 bits per heavy atom. The number of nitrogens with zero attached hydrogens (tertiary/aromatic N) is 1. The molecule has 1 aromatic rings. The number of aliphatic carboxylic acids is 1. The molecule has 0 fully saturated rings. The van der Waals surface area contributed by atoms with Crippen molar-refractivity contribution in [2.45, 2.75) is 26.3 Å². The number of ether oxygens (including phenoxy) is 1. The van der Waals surface area contributed by atoms with Crippen molar-refractivity contribution in [3.63, 3.8) is 0 Å². The third-order valence-corrected chi connectivity index (χ3v) is 2.72. The largest absolute Gasteiger partial charge is 0.481 e. The van der Waals surface area contributed by atoms with Crippen molar-refractivity contribution < 1.29 is 19.4 Å². The Morgan fingerprint density at radius 1 is 1.42 bits per heavy atom. The van der Waals surface area contributed by atoms with Crippen LogP contribution in [0.5, 0.6) is 5.88 Å². The summed E-state index contributed by atoms with van der Waals surface area (Å²) in [6.45, 7) is 3.72. The summed E-state index contributed by atoms with van der Waals surface area (Å²) < 4.78 is 4.90. The Morgan fingerprint density at radius 3 is 2.53 bits per heavy atom. The van der Waals surface area contributed by atoms with Crippen LogP contribution in [0.4, 0.5) is 0 Å². The molecule has 0 radical (unpaired) electrons. The van der Waals surface area contributed by atoms with Crippen molar-refractivity contribution in [2.75, 3.05) is 7.11 Å². The molecule has 1 amide bonds. The van der Waals surface area contributed by atoms with Gasteiger partial charge in [-0.15, -0.1) is 0 Å². The number of amides is 1. The molecule has 2 N–H and O–H groups in total. The smallest absolute Gasteiger partial charge is 0.305 e. The van der Waals surface area contributed by atoms with Crippen LogP contribution in [0.1, 0.15) is 30.6 Å². The number of hydrogen-bond donors (Lipinski definition) is 2. The normalized spacial score (nSPS) is 12.0. The van der Waals surface area contributed by atoms with Gasteiger partial charge in [-0.25, -0.2) is 4.98 Å². The molecule has 1 atom stereocenters. The quantitative estimate of drug-likeness (QED) is 0.810. The number of carbonyl (C=O) groups excluding carboxylic acids is 1. The molecule has 0 aliphatic heterocycles. The first-order valence-electron chi connectivity index (χ1n) is 5.96. The minimum Gasteiger partial charge on any atom is -0.481 e. The van der Waals surface area contributed by atoms with Gasteiger partial charge in [0.1, 0.15) is 0 Å². The van der Waals surface area contributed by atoms with Gasteiger partial charge in [-0.1, -0.05) is 13.8 Å². The standard InChI is InChI=1S/C13H18N2O4/c1-8(2)10(6-12(16)17)15-13(18)9-4-5-11(19-3)14-7-9/h4-5,7-8,10H,6H2,1-3H3,(H,15,18)(H,16,17). The summed E-state index contributed by atoms with van der Waals surface area (Å²) in [5.41, 5.74) is 0.372. The van der Waals surface area contributed by atoms with E-state index >= 15 is 0 Å². The second-order valence-electron chi connectivity index (χ2n) is 4.51. The lowest BCUT2D eigenvalue weighted by molar-refractivity contribution is -0.137. The van der Waals surface area contributed by atoms with Gasteiger partial charge in [0.05, 0.1) is 19.1 Å². The van der Waals surface area contributed by atoms with E-state index in [-0.39, 0.29) is 18.2 Å². The second-order valence-corrected chi connectivity index (χ2v) is 4.51. The van der Waals surface area contributed by atoms with Crippen molar-refractivity contribution in [2.24, 2.45) is 5.92 Å². The molecule has 1 rings (SSSR count). The predicted octanol–water partition coefficient (Wildman–Crippen LogP) is 1.32. The highest BCUT2D eigenvalue weighted by Gasteiger charge is 2.20. The van der Waals surface area contributed by atoms with Gasteiger partial charge in [-0.3, -0.25) is 9.59 Å². The summed E-state index contributed by atoms with van der Waals surface area (Å²) in [7, 11) is 1.49. The molecule has 0 spiro atoms. The van der Waals surface area contributed by atoms with E-state index in [0.29, 0.717) is 11.4 Å². The van der Waals surface area contributed by atoms with Crippen LogP contribution in [0.2, 0.25) is 0 Å². The van der Waals surface area contributed by atoms with E-state index in [1.807, 2.05) is 13.8 Å². The Bertz CT molecular complexity index is 442. The van der Waals surface area contributed by atoms with Crippen LogP contribution in [0, 0.1) is 5.92 Å². The third kappa shape index (κ3) is 4.57. The maximum atomic E-state index is 12.0. The van der Waals surface area contributed by atoms with Crippen molar-refractivity contribution in [3.8, 4) is 5.88 Å². The molecule has 1 heterocycles. The molecule has 0 aliphatic rings. The number of hydrogen-bond acceptors (Lipinski definition) is 4. The minimum atomic E-state index is -0.938. The van der Waals surface area contributed by atoms with Crippen LogP contribution >= 0.6 is 0 Å². The molecule has 6 nitrogen and oxygen atoms in total. The molecule has 104 valence electrons. The van der Waals surface area contributed by atoms with Gasteiger partial charge < -0.3 is 15.2 Å². The van der Waals surface area contributed by atoms with Crippen LogP contribution in [0.25, 0.3) is 0 Å². The average Bonchev–Trinajstić information content (AvgIpc) is 2.37. The Hall–Kier alpha value is -2.11. The first kappa shape index (κ1) is 14.9. The molecule has 0 bridgehead atoms. The van der Waals surface area contributed by atoms with Crippen LogP contribution < -0.4 is 10.1 Å². The predicted molar refractivity (Wildman–Crippen MR) is 69.1 cm³/mol. The molecule has 19 heavy (non-hydrogen) atoms. The summed E-state index contributed by atoms with van der Waals surface area (Å²) in [5.74, 6) is -0.823. The number of carboxylic acid groups (broad SMARTS) is 1. The summed E-state index contributed by atoms with van der Waals surface area (Å²) in [4.78, 5) is 26.6. The number of pyridine rings is 1. The van der Waals surface area contributed by atoms with E-state index in [1.165, 1.54) is 13.3 Å². The van der Waals surface area contributed by atoms with Gasteiger partial charge in [-0.2, -0.15) is 0 Å². The summed E-state index contributed by atoms with van der Waals surface area (Å²) in [6, 6.07) is 2.75. The van der Waals surface area contributed by atoms with Crippen LogP contribution in [0.15, 0.2) is 18.3 Å². The molecule has 6 heteroatoms. The van der Waals surface area contributed by atoms with Gasteiger partial charge in [-0.05, 0) is 12.0 Å². The summed E-state index contributed by atoms with van der Waals surface area (Å²) >= 11 is 0. The van der Waals surface area contributed by atoms with Crippen molar-refractivity contribution in [1.29, 1.82) is 0 Å². The molecular weight excluding hydrogens is 248 g/mol. The fourth-order valence-corrected chi connectivity index (χ4v) is 1.53. The van der Waals surface area contributed by atoms with E-state index in [4.69, 9.17) is 9.84 Å². The molecule has 1 aromatic heterocycles. The van der Waals surface area contributed by atoms with E-state index in [1.54, 1.807) is 12.1 Å². The van der Waals surface area contributed by atoms with Gasteiger partial charge in [0.15, 0.2) is 0 Å². The molecule has 0 saturated heterocycles. The first-order valence-corrected chi connectivity index (χ1v) is 5.96. The topological polar surface area (TPSA) is 88.5 Å². The van der Waals surface area contributed by atoms with Gasteiger partial charge in [0, 0.05) is 18.3 Å². The highest BCUT2D eigenvalue weighted by Crippen LogP contribution is 2.10. The number of methoxy groups -OCH3 is 1. The summed E-state index contributed by atoms with van der Waals surface area (Å²) in [5, 5.41) is 11.5. The number of carbonyl (C=O) groups is 2. The Kier molecular flexibility index (Phi) is 5.29. The zero-order valence-electron chi connectivity index (χ0n) is 11.2. The molecular formula is C13H18N2O4. The van der Waals surface area contributed by atoms with Gasteiger partial charge in [0.25, 0.3) is 5.91 Å². The SMILES string of the molecule is COc1ccc(C(=O)NC(CC(=O)O)C(C)C)cn1. The zero-order chi connectivity index (χ0) is 14.4. The van der Waals surface area contributed by atoms with Crippen LogP contribution in [0.3, 0.4) is 0 Å². The second kappa shape index (κ2) is 6.72. The maximum absolute atomic E-state index is 12.0. The Labute approximate surface area is 111 Å². The maximum Gasteiger partial charge on any atom is 0.305 e. The van der Waals surface area contributed by atoms with E-state index in [9.17, 15) is 9.59 Å². The van der Waals surface area contributed by atoms with Crippen molar-refractivity contribution in [1.82, 2.24) is 10.3 Å². The average molecular weight is 266 g/mol. The highest BCUT2D eigenvalue weighted by molar-refractivity contribution is 5.94. The molecule has 1 unspecified atom stereocenters. The fourth-order valence-electron chi connectivity index (χ4n) is 1.53. The third-order valence-electron chi connectivity index (χ3n) is 2.72. The minimum absolute atomic E-state index is 0.0336. The molecule has 0 saturated carbocycles. The monoisotopic (exact) mass is 266 g/mol. The zero-order valence-corrected chi connectivity index (χ0v) is 11.2. The molecule has 0 aliphatic carbocycles. The highest BCUT2D eigenvalue weighted by atomic mass is 16.5. The van der Waals surface area contributed by atoms with Crippen molar-refractivity contribution >= 4 is 11.9 Å². The van der Waals surface area contributed by atoms with E-state index < -0.39 is 12.0 Å². The number of carboxylic acids is 1. The number of nitrogens with one attached hydrogen (secondary N) is 1. The van der Waals surface area contributed by atoms with Gasteiger partial charge in [0.2, 0.25) is 5.88 Å².